The SMILES string of the molecule is CNC1(OC)NC=CC=C1N. The van der Waals surface area contributed by atoms with Crippen molar-refractivity contribution in [3.63, 3.8) is 0 Å². The van der Waals surface area contributed by atoms with Gasteiger partial charge in [-0.3, -0.25) is 5.32 Å². The Morgan fingerprint density at radius 1 is 1.73 bits per heavy atom. The van der Waals surface area contributed by atoms with Gasteiger partial charge in [-0.2, -0.15) is 0 Å². The zero-order chi connectivity index (χ0) is 8.32. The second-order valence-electron chi connectivity index (χ2n) is 2.26. The van der Waals surface area contributed by atoms with Gasteiger partial charge in [0.25, 0.3) is 0 Å². The summed E-state index contributed by atoms with van der Waals surface area (Å²) in [5, 5.41) is 5.91. The van der Waals surface area contributed by atoms with Gasteiger partial charge < -0.3 is 15.8 Å². The van der Waals surface area contributed by atoms with Crippen molar-refractivity contribution in [1.82, 2.24) is 10.6 Å². The summed E-state index contributed by atoms with van der Waals surface area (Å²) in [5.74, 6) is -0.727. The lowest BCUT2D eigenvalue weighted by Gasteiger charge is -2.34. The van der Waals surface area contributed by atoms with Gasteiger partial charge in [0.1, 0.15) is 0 Å². The molecule has 4 N–H and O–H groups in total. The van der Waals surface area contributed by atoms with Gasteiger partial charge in [-0.15, -0.1) is 0 Å². The predicted octanol–water partition coefficient (Wildman–Crippen LogP) is -0.534. The fraction of sp³-hybridized carbons (Fsp3) is 0.429. The lowest BCUT2D eigenvalue weighted by atomic mass is 10.2. The van der Waals surface area contributed by atoms with E-state index >= 15 is 0 Å². The van der Waals surface area contributed by atoms with Gasteiger partial charge >= 0.3 is 0 Å². The molecule has 4 heteroatoms. The largest absolute Gasteiger partial charge is 0.397 e. The molecule has 1 aliphatic heterocycles. The number of nitrogens with one attached hydrogen (secondary N) is 2. The first-order valence-corrected chi connectivity index (χ1v) is 3.40. The van der Waals surface area contributed by atoms with Gasteiger partial charge in [-0.25, -0.2) is 0 Å². The molecule has 11 heavy (non-hydrogen) atoms. The molecule has 1 atom stereocenters. The summed E-state index contributed by atoms with van der Waals surface area (Å²) in [6.45, 7) is 0. The number of methoxy groups -OCH3 is 1. The van der Waals surface area contributed by atoms with Gasteiger partial charge in [-0.1, -0.05) is 0 Å². The van der Waals surface area contributed by atoms with Crippen molar-refractivity contribution in [1.29, 1.82) is 0 Å². The van der Waals surface area contributed by atoms with E-state index in [1.165, 1.54) is 0 Å². The Morgan fingerprint density at radius 2 is 2.45 bits per heavy atom. The van der Waals surface area contributed by atoms with Crippen LogP contribution >= 0.6 is 0 Å². The molecule has 4 nitrogen and oxygen atoms in total. The van der Waals surface area contributed by atoms with Gasteiger partial charge in [-0.05, 0) is 19.2 Å². The molecule has 1 unspecified atom stereocenters. The maximum absolute atomic E-state index is 5.69. The Kier molecular flexibility index (Phi) is 2.16. The van der Waals surface area contributed by atoms with Crippen LogP contribution in [0, 0.1) is 0 Å². The van der Waals surface area contributed by atoms with Crippen LogP contribution in [0.2, 0.25) is 0 Å². The van der Waals surface area contributed by atoms with E-state index in [0.717, 1.165) is 0 Å². The number of nitrogens with two attached hydrogens (primary N) is 1. The minimum absolute atomic E-state index is 0.616. The molecule has 0 spiro atoms. The number of hydrogen-bond donors (Lipinski definition) is 3. The van der Waals surface area contributed by atoms with E-state index in [0.29, 0.717) is 5.70 Å². The Labute approximate surface area is 66.1 Å². The highest BCUT2D eigenvalue weighted by Gasteiger charge is 2.30. The van der Waals surface area contributed by atoms with E-state index in [4.69, 9.17) is 10.5 Å². The van der Waals surface area contributed by atoms with Crippen molar-refractivity contribution >= 4 is 0 Å². The van der Waals surface area contributed by atoms with Crippen LogP contribution in [-0.4, -0.2) is 20.0 Å². The molecule has 0 aromatic rings. The zero-order valence-electron chi connectivity index (χ0n) is 6.72. The molecule has 1 heterocycles. The molecule has 0 saturated heterocycles. The summed E-state index contributed by atoms with van der Waals surface area (Å²) in [4.78, 5) is 0. The number of likely N-dealkylation sites (N-methyl/N-ethyl adjacent to an activating group) is 1. The number of rotatable bonds is 2. The van der Waals surface area contributed by atoms with Crippen LogP contribution in [0.3, 0.4) is 0 Å². The lowest BCUT2D eigenvalue weighted by molar-refractivity contribution is -0.0215. The maximum Gasteiger partial charge on any atom is 0.237 e. The molecule has 0 aromatic heterocycles. The number of allylic oxidation sites excluding steroid dienone is 2. The summed E-state index contributed by atoms with van der Waals surface area (Å²) in [6.07, 6.45) is 5.39. The first-order valence-electron chi connectivity index (χ1n) is 3.40. The van der Waals surface area contributed by atoms with Crippen molar-refractivity contribution in [2.75, 3.05) is 14.2 Å². The number of ether oxygens (including phenoxy) is 1. The minimum Gasteiger partial charge on any atom is -0.397 e. The molecule has 0 aromatic carbocycles. The van der Waals surface area contributed by atoms with Gasteiger partial charge in [0, 0.05) is 13.3 Å². The van der Waals surface area contributed by atoms with Crippen molar-refractivity contribution < 1.29 is 4.74 Å². The summed E-state index contributed by atoms with van der Waals surface area (Å²) in [5.41, 5.74) is 6.31. The Bertz CT molecular complexity index is 194. The quantitative estimate of drug-likeness (QED) is 0.469. The molecule has 0 fully saturated rings. The lowest BCUT2D eigenvalue weighted by Crippen LogP contribution is -2.59. The molecule has 0 amide bonds. The highest BCUT2D eigenvalue weighted by molar-refractivity contribution is 5.23. The molecular formula is C7H13N3O. The van der Waals surface area contributed by atoms with Crippen LogP contribution in [0.1, 0.15) is 0 Å². The number of hydrogen-bond acceptors (Lipinski definition) is 4. The Balaban J connectivity index is 2.85. The van der Waals surface area contributed by atoms with E-state index < -0.39 is 5.85 Å². The molecule has 0 aliphatic carbocycles. The Morgan fingerprint density at radius 3 is 2.82 bits per heavy atom. The van der Waals surface area contributed by atoms with E-state index in [1.54, 1.807) is 26.4 Å². The van der Waals surface area contributed by atoms with Crippen molar-refractivity contribution in [2.45, 2.75) is 5.85 Å². The van der Waals surface area contributed by atoms with Crippen LogP contribution in [0.15, 0.2) is 24.0 Å². The monoisotopic (exact) mass is 155 g/mol. The number of dihydropyridines is 1. The smallest absolute Gasteiger partial charge is 0.237 e. The molecule has 0 bridgehead atoms. The first kappa shape index (κ1) is 8.10. The highest BCUT2D eigenvalue weighted by Crippen LogP contribution is 2.12. The summed E-state index contributed by atoms with van der Waals surface area (Å²) >= 11 is 0. The van der Waals surface area contributed by atoms with E-state index in [-0.39, 0.29) is 0 Å². The second kappa shape index (κ2) is 2.94. The van der Waals surface area contributed by atoms with Crippen LogP contribution in [-0.2, 0) is 4.74 Å². The molecule has 0 saturated carbocycles. The fourth-order valence-electron chi connectivity index (χ4n) is 1.01. The fourth-order valence-corrected chi connectivity index (χ4v) is 1.01. The van der Waals surface area contributed by atoms with Crippen molar-refractivity contribution in [2.24, 2.45) is 5.73 Å². The molecule has 1 aliphatic rings. The van der Waals surface area contributed by atoms with Crippen LogP contribution in [0.25, 0.3) is 0 Å². The first-order chi connectivity index (χ1) is 5.25. The third-order valence-corrected chi connectivity index (χ3v) is 1.72. The average Bonchev–Trinajstić information content (AvgIpc) is 2.06. The summed E-state index contributed by atoms with van der Waals surface area (Å²) in [7, 11) is 3.36. The second-order valence-corrected chi connectivity index (χ2v) is 2.26. The van der Waals surface area contributed by atoms with E-state index in [1.807, 2.05) is 6.08 Å². The third-order valence-electron chi connectivity index (χ3n) is 1.72. The Hall–Kier alpha value is -1.00. The molecular weight excluding hydrogens is 142 g/mol. The van der Waals surface area contributed by atoms with Crippen molar-refractivity contribution in [3.05, 3.63) is 24.0 Å². The standard InChI is InChI=1S/C7H13N3O/c1-9-7(11-2)6(8)4-3-5-10-7/h3-5,9-10H,8H2,1-2H3. The van der Waals surface area contributed by atoms with Crippen molar-refractivity contribution in [3.8, 4) is 0 Å². The topological polar surface area (TPSA) is 59.3 Å². The normalized spacial score (nSPS) is 29.5. The maximum atomic E-state index is 5.69. The van der Waals surface area contributed by atoms with Crippen LogP contribution in [0.5, 0.6) is 0 Å². The highest BCUT2D eigenvalue weighted by atomic mass is 16.5. The molecule has 62 valence electrons. The zero-order valence-corrected chi connectivity index (χ0v) is 6.72. The van der Waals surface area contributed by atoms with E-state index in [9.17, 15) is 0 Å². The average molecular weight is 155 g/mol. The van der Waals surface area contributed by atoms with Gasteiger partial charge in [0.2, 0.25) is 5.85 Å². The predicted molar refractivity (Wildman–Crippen MR) is 43.3 cm³/mol. The summed E-state index contributed by atoms with van der Waals surface area (Å²) < 4.78 is 5.17. The minimum atomic E-state index is -0.727. The van der Waals surface area contributed by atoms with E-state index in [2.05, 4.69) is 10.6 Å². The van der Waals surface area contributed by atoms with Gasteiger partial charge in [0.05, 0.1) is 5.70 Å². The molecule has 1 rings (SSSR count). The molecule has 0 radical (unpaired) electrons. The van der Waals surface area contributed by atoms with Gasteiger partial charge in [0.15, 0.2) is 0 Å². The third kappa shape index (κ3) is 1.22. The van der Waals surface area contributed by atoms with Crippen LogP contribution < -0.4 is 16.4 Å². The van der Waals surface area contributed by atoms with Crippen LogP contribution in [0.4, 0.5) is 0 Å². The summed E-state index contributed by atoms with van der Waals surface area (Å²) in [6, 6.07) is 0.